The maximum absolute atomic E-state index is 12.5. The van der Waals surface area contributed by atoms with E-state index in [1.165, 1.54) is 42.4 Å². The fourth-order valence-electron chi connectivity index (χ4n) is 3.22. The van der Waals surface area contributed by atoms with Crippen molar-refractivity contribution in [2.75, 3.05) is 5.75 Å². The number of nitrogens with one attached hydrogen (secondary N) is 1. The number of fused-ring (bicyclic) bond motifs is 1. The summed E-state index contributed by atoms with van der Waals surface area (Å²) in [5.74, 6) is 0.869. The molecule has 2 atom stereocenters. The molecular weight excluding hydrogens is 342 g/mol. The molecule has 0 spiro atoms. The van der Waals surface area contributed by atoms with Crippen LogP contribution in [0.15, 0.2) is 21.4 Å². The molecule has 2 aromatic heterocycles. The van der Waals surface area contributed by atoms with Crippen molar-refractivity contribution in [2.24, 2.45) is 5.92 Å². The maximum Gasteiger partial charge on any atom is 0.272 e. The third-order valence-corrected chi connectivity index (χ3v) is 6.51. The highest BCUT2D eigenvalue weighted by Crippen LogP contribution is 2.24. The van der Waals surface area contributed by atoms with Gasteiger partial charge in [0, 0.05) is 12.6 Å². The number of amides is 1. The Bertz CT molecular complexity index is 784. The number of carbonyl (C=O) groups excluding carboxylic acids is 1. The maximum atomic E-state index is 12.5. The Labute approximate surface area is 149 Å². The first-order valence-electron chi connectivity index (χ1n) is 8.50. The summed E-state index contributed by atoms with van der Waals surface area (Å²) in [4.78, 5) is 29.3. The first-order valence-corrected chi connectivity index (χ1v) is 10.4. The summed E-state index contributed by atoms with van der Waals surface area (Å²) >= 11 is 2.76. The van der Waals surface area contributed by atoms with Crippen molar-refractivity contribution in [3.05, 3.63) is 21.8 Å². The van der Waals surface area contributed by atoms with Gasteiger partial charge in [-0.25, -0.2) is 4.98 Å². The van der Waals surface area contributed by atoms with E-state index in [1.807, 2.05) is 18.4 Å². The van der Waals surface area contributed by atoms with Gasteiger partial charge in [-0.1, -0.05) is 31.5 Å². The quantitative estimate of drug-likeness (QED) is 0.652. The molecule has 0 aliphatic heterocycles. The van der Waals surface area contributed by atoms with Gasteiger partial charge < -0.3 is 5.32 Å². The van der Waals surface area contributed by atoms with Crippen molar-refractivity contribution in [3.8, 4) is 0 Å². The number of aromatic nitrogens is 2. The lowest BCUT2D eigenvalue weighted by atomic mass is 9.86. The molecule has 24 heavy (non-hydrogen) atoms. The number of carbonyl (C=O) groups is 1. The van der Waals surface area contributed by atoms with Crippen LogP contribution >= 0.6 is 23.1 Å². The van der Waals surface area contributed by atoms with E-state index in [2.05, 4.69) is 17.2 Å². The normalized spacial score (nSPS) is 21.1. The lowest BCUT2D eigenvalue weighted by Gasteiger charge is -2.29. The fraction of sp³-hybridized carbons (Fsp3) is 0.588. The van der Waals surface area contributed by atoms with Crippen molar-refractivity contribution in [3.63, 3.8) is 0 Å². The molecule has 130 valence electrons. The monoisotopic (exact) mass is 365 g/mol. The zero-order valence-corrected chi connectivity index (χ0v) is 15.7. The average molecular weight is 366 g/mol. The first-order chi connectivity index (χ1) is 11.6. The van der Waals surface area contributed by atoms with E-state index in [-0.39, 0.29) is 17.5 Å². The molecule has 5 nitrogen and oxygen atoms in total. The molecule has 0 unspecified atom stereocenters. The van der Waals surface area contributed by atoms with Gasteiger partial charge in [-0.05, 0) is 37.1 Å². The molecular formula is C17H23N3O2S2. The van der Waals surface area contributed by atoms with Crippen LogP contribution in [0.2, 0.25) is 0 Å². The van der Waals surface area contributed by atoms with Crippen LogP contribution in [0, 0.1) is 5.92 Å². The van der Waals surface area contributed by atoms with Gasteiger partial charge in [0.1, 0.15) is 4.70 Å². The minimum Gasteiger partial charge on any atom is -0.352 e. The highest BCUT2D eigenvalue weighted by Gasteiger charge is 2.23. The van der Waals surface area contributed by atoms with E-state index in [0.29, 0.717) is 28.1 Å². The molecule has 0 bridgehead atoms. The number of hydrogen-bond donors (Lipinski definition) is 1. The molecule has 1 aliphatic rings. The van der Waals surface area contributed by atoms with E-state index >= 15 is 0 Å². The van der Waals surface area contributed by atoms with E-state index in [1.54, 1.807) is 4.57 Å². The number of hydrogen-bond acceptors (Lipinski definition) is 5. The predicted molar refractivity (Wildman–Crippen MR) is 99.8 cm³/mol. The lowest BCUT2D eigenvalue weighted by Crippen LogP contribution is -2.41. The number of nitrogens with zero attached hydrogens (tertiary/aromatic N) is 2. The average Bonchev–Trinajstić information content (AvgIpc) is 3.04. The highest BCUT2D eigenvalue weighted by molar-refractivity contribution is 7.99. The summed E-state index contributed by atoms with van der Waals surface area (Å²) in [6, 6.07) is 2.14. The fourth-order valence-corrected chi connectivity index (χ4v) is 4.87. The Morgan fingerprint density at radius 2 is 2.25 bits per heavy atom. The second kappa shape index (κ2) is 7.70. The van der Waals surface area contributed by atoms with Gasteiger partial charge in [-0.3, -0.25) is 14.2 Å². The highest BCUT2D eigenvalue weighted by atomic mass is 32.2. The summed E-state index contributed by atoms with van der Waals surface area (Å²) in [7, 11) is 0. The summed E-state index contributed by atoms with van der Waals surface area (Å²) < 4.78 is 2.33. The third kappa shape index (κ3) is 3.67. The van der Waals surface area contributed by atoms with E-state index in [0.717, 1.165) is 11.9 Å². The van der Waals surface area contributed by atoms with Crippen molar-refractivity contribution in [1.29, 1.82) is 0 Å². The molecule has 3 rings (SSSR count). The molecule has 7 heteroatoms. The largest absolute Gasteiger partial charge is 0.352 e. The van der Waals surface area contributed by atoms with Crippen LogP contribution in [0.3, 0.4) is 0 Å². The summed E-state index contributed by atoms with van der Waals surface area (Å²) in [6.45, 7) is 4.69. The van der Waals surface area contributed by atoms with E-state index in [4.69, 9.17) is 0 Å². The van der Waals surface area contributed by atoms with Crippen LogP contribution < -0.4 is 10.9 Å². The number of rotatable bonds is 5. The number of thiophene rings is 1. The van der Waals surface area contributed by atoms with Gasteiger partial charge >= 0.3 is 0 Å². The zero-order valence-electron chi connectivity index (χ0n) is 14.1. The van der Waals surface area contributed by atoms with Crippen LogP contribution in [0.1, 0.15) is 39.5 Å². The zero-order chi connectivity index (χ0) is 17.1. The van der Waals surface area contributed by atoms with Crippen LogP contribution in [-0.2, 0) is 11.3 Å². The minimum absolute atomic E-state index is 0.0127. The molecule has 0 radical (unpaired) electrons. The minimum atomic E-state index is -0.0127. The Morgan fingerprint density at radius 3 is 3.00 bits per heavy atom. The van der Waals surface area contributed by atoms with Crippen molar-refractivity contribution >= 4 is 39.2 Å². The second-order valence-electron chi connectivity index (χ2n) is 6.30. The van der Waals surface area contributed by atoms with Crippen molar-refractivity contribution in [2.45, 2.75) is 57.3 Å². The van der Waals surface area contributed by atoms with Crippen molar-refractivity contribution < 1.29 is 4.79 Å². The van der Waals surface area contributed by atoms with Gasteiger partial charge in [0.15, 0.2) is 5.16 Å². The molecule has 1 aliphatic carbocycles. The summed E-state index contributed by atoms with van der Waals surface area (Å²) in [6.07, 6.45) is 4.70. The van der Waals surface area contributed by atoms with Gasteiger partial charge in [-0.2, -0.15) is 0 Å². The van der Waals surface area contributed by atoms with Crippen LogP contribution in [-0.4, -0.2) is 27.3 Å². The van der Waals surface area contributed by atoms with E-state index < -0.39 is 0 Å². The molecule has 1 saturated carbocycles. The Balaban J connectivity index is 1.68. The molecule has 2 heterocycles. The molecule has 2 aromatic rings. The molecule has 0 saturated heterocycles. The number of thioether (sulfide) groups is 1. The molecule has 0 aromatic carbocycles. The van der Waals surface area contributed by atoms with Crippen LogP contribution in [0.5, 0.6) is 0 Å². The predicted octanol–water partition coefficient (Wildman–Crippen LogP) is 3.26. The summed E-state index contributed by atoms with van der Waals surface area (Å²) in [5, 5.41) is 5.66. The van der Waals surface area contributed by atoms with Crippen LogP contribution in [0.25, 0.3) is 10.2 Å². The topological polar surface area (TPSA) is 64.0 Å². The molecule has 1 N–H and O–H groups in total. The Hall–Kier alpha value is -1.34. The lowest BCUT2D eigenvalue weighted by molar-refractivity contribution is -0.119. The molecule has 1 amide bonds. The van der Waals surface area contributed by atoms with Gasteiger partial charge in [0.05, 0.1) is 11.3 Å². The summed E-state index contributed by atoms with van der Waals surface area (Å²) in [5.41, 5.74) is 0.708. The van der Waals surface area contributed by atoms with Gasteiger partial charge in [-0.15, -0.1) is 11.3 Å². The van der Waals surface area contributed by atoms with Gasteiger partial charge in [0.2, 0.25) is 5.91 Å². The smallest absolute Gasteiger partial charge is 0.272 e. The second-order valence-corrected chi connectivity index (χ2v) is 8.16. The van der Waals surface area contributed by atoms with Crippen molar-refractivity contribution in [1.82, 2.24) is 14.9 Å². The standard InChI is InChI=1S/C17H23N3O2S2/c1-3-20-16(22)15-13(8-9-23-15)19-17(20)24-10-14(21)18-12-7-5-4-6-11(12)2/h8-9,11-12H,3-7,10H2,1-2H3,(H,18,21)/t11-,12+/m0/s1. The van der Waals surface area contributed by atoms with Gasteiger partial charge in [0.25, 0.3) is 5.56 Å². The molecule has 1 fully saturated rings. The Kier molecular flexibility index (Phi) is 5.61. The first kappa shape index (κ1) is 17.5. The Morgan fingerprint density at radius 1 is 1.46 bits per heavy atom. The van der Waals surface area contributed by atoms with E-state index in [9.17, 15) is 9.59 Å². The third-order valence-electron chi connectivity index (χ3n) is 4.64. The van der Waals surface area contributed by atoms with Crippen LogP contribution in [0.4, 0.5) is 0 Å². The SMILES string of the molecule is CCn1c(SCC(=O)N[C@@H]2CCCC[C@@H]2C)nc2ccsc2c1=O.